The lowest BCUT2D eigenvalue weighted by molar-refractivity contribution is 0.289. The van der Waals surface area contributed by atoms with Crippen LogP contribution in [0.25, 0.3) is 21.9 Å². The second-order valence-electron chi connectivity index (χ2n) is 5.22. The molecule has 3 rings (SSSR count). The molecule has 3 nitrogen and oxygen atoms in total. The first-order valence-corrected chi connectivity index (χ1v) is 7.85. The quantitative estimate of drug-likeness (QED) is 0.720. The van der Waals surface area contributed by atoms with Gasteiger partial charge < -0.3 is 14.6 Å². The highest BCUT2D eigenvalue weighted by Gasteiger charge is 2.15. The van der Waals surface area contributed by atoms with Crippen molar-refractivity contribution in [2.45, 2.75) is 13.8 Å². The number of ether oxygens (including phenoxy) is 2. The number of hydrogen-bond acceptors (Lipinski definition) is 3. The molecule has 0 aliphatic carbocycles. The van der Waals surface area contributed by atoms with Gasteiger partial charge >= 0.3 is 0 Å². The van der Waals surface area contributed by atoms with E-state index in [2.05, 4.69) is 12.1 Å². The predicted molar refractivity (Wildman–Crippen MR) is 93.4 cm³/mol. The minimum atomic E-state index is 0.199. The maximum Gasteiger partial charge on any atom is 0.169 e. The molecular formula is C20H20O3. The van der Waals surface area contributed by atoms with Gasteiger partial charge in [-0.05, 0) is 37.1 Å². The smallest absolute Gasteiger partial charge is 0.169 e. The van der Waals surface area contributed by atoms with Crippen molar-refractivity contribution in [3.05, 3.63) is 54.6 Å². The van der Waals surface area contributed by atoms with Crippen LogP contribution in [0.4, 0.5) is 0 Å². The Morgan fingerprint density at radius 1 is 0.783 bits per heavy atom. The van der Waals surface area contributed by atoms with Crippen molar-refractivity contribution < 1.29 is 14.6 Å². The average molecular weight is 308 g/mol. The van der Waals surface area contributed by atoms with Crippen LogP contribution in [0, 0.1) is 0 Å². The summed E-state index contributed by atoms with van der Waals surface area (Å²) < 4.78 is 11.4. The van der Waals surface area contributed by atoms with Crippen LogP contribution in [0.1, 0.15) is 13.8 Å². The van der Waals surface area contributed by atoms with Gasteiger partial charge in [-0.25, -0.2) is 0 Å². The molecular weight excluding hydrogens is 288 g/mol. The fourth-order valence-electron chi connectivity index (χ4n) is 2.72. The second kappa shape index (κ2) is 6.61. The lowest BCUT2D eigenvalue weighted by atomic mass is 10.00. The van der Waals surface area contributed by atoms with Crippen molar-refractivity contribution >= 4 is 10.8 Å². The first-order chi connectivity index (χ1) is 11.2. The SMILES string of the molecule is CCOc1cc(O)c2cc(-c3ccccc3)ccc2c1OCC. The third kappa shape index (κ3) is 2.95. The van der Waals surface area contributed by atoms with Gasteiger partial charge in [0.05, 0.1) is 13.2 Å². The molecule has 118 valence electrons. The molecule has 23 heavy (non-hydrogen) atoms. The zero-order valence-electron chi connectivity index (χ0n) is 13.4. The van der Waals surface area contributed by atoms with Gasteiger partial charge in [0.2, 0.25) is 0 Å². The van der Waals surface area contributed by atoms with E-state index in [1.54, 1.807) is 6.07 Å². The Morgan fingerprint density at radius 2 is 1.52 bits per heavy atom. The molecule has 0 saturated carbocycles. The summed E-state index contributed by atoms with van der Waals surface area (Å²) in [7, 11) is 0. The summed E-state index contributed by atoms with van der Waals surface area (Å²) in [5.74, 6) is 1.46. The second-order valence-corrected chi connectivity index (χ2v) is 5.22. The standard InChI is InChI=1S/C20H20O3/c1-3-22-19-13-18(21)17-12-15(14-8-6-5-7-9-14)10-11-16(17)20(19)23-4-2/h5-13,21H,3-4H2,1-2H3. The van der Waals surface area contributed by atoms with E-state index in [4.69, 9.17) is 9.47 Å². The van der Waals surface area contributed by atoms with E-state index in [9.17, 15) is 5.11 Å². The first kappa shape index (κ1) is 15.2. The summed E-state index contributed by atoms with van der Waals surface area (Å²) in [4.78, 5) is 0. The zero-order valence-corrected chi connectivity index (χ0v) is 13.4. The molecule has 3 heteroatoms. The lowest BCUT2D eigenvalue weighted by Gasteiger charge is -2.15. The minimum absolute atomic E-state index is 0.199. The Labute approximate surface area is 136 Å². The largest absolute Gasteiger partial charge is 0.507 e. The van der Waals surface area contributed by atoms with Crippen molar-refractivity contribution in [1.82, 2.24) is 0 Å². The maximum absolute atomic E-state index is 10.4. The van der Waals surface area contributed by atoms with Crippen LogP contribution in [0.15, 0.2) is 54.6 Å². The van der Waals surface area contributed by atoms with Crippen molar-refractivity contribution in [3.63, 3.8) is 0 Å². The molecule has 0 heterocycles. The molecule has 0 fully saturated rings. The molecule has 0 amide bonds. The van der Waals surface area contributed by atoms with Crippen LogP contribution in [0.2, 0.25) is 0 Å². The fraction of sp³-hybridized carbons (Fsp3) is 0.200. The average Bonchev–Trinajstić information content (AvgIpc) is 2.59. The molecule has 0 saturated heterocycles. The molecule has 1 N–H and O–H groups in total. The number of rotatable bonds is 5. The molecule has 0 bridgehead atoms. The summed E-state index contributed by atoms with van der Waals surface area (Å²) in [6.45, 7) is 4.91. The molecule has 0 atom stereocenters. The van der Waals surface area contributed by atoms with Crippen molar-refractivity contribution in [1.29, 1.82) is 0 Å². The van der Waals surface area contributed by atoms with E-state index in [0.29, 0.717) is 24.7 Å². The van der Waals surface area contributed by atoms with Crippen molar-refractivity contribution in [3.8, 4) is 28.4 Å². The first-order valence-electron chi connectivity index (χ1n) is 7.85. The van der Waals surface area contributed by atoms with E-state index in [-0.39, 0.29) is 5.75 Å². The van der Waals surface area contributed by atoms with E-state index >= 15 is 0 Å². The topological polar surface area (TPSA) is 38.7 Å². The van der Waals surface area contributed by atoms with E-state index in [1.165, 1.54) is 0 Å². The Morgan fingerprint density at radius 3 is 2.22 bits per heavy atom. The van der Waals surface area contributed by atoms with Crippen LogP contribution in [-0.4, -0.2) is 18.3 Å². The van der Waals surface area contributed by atoms with Gasteiger partial charge in [-0.1, -0.05) is 36.4 Å². The minimum Gasteiger partial charge on any atom is -0.507 e. The van der Waals surface area contributed by atoms with E-state index < -0.39 is 0 Å². The third-order valence-electron chi connectivity index (χ3n) is 3.73. The number of hydrogen-bond donors (Lipinski definition) is 1. The summed E-state index contributed by atoms with van der Waals surface area (Å²) >= 11 is 0. The van der Waals surface area contributed by atoms with Crippen LogP contribution in [0.3, 0.4) is 0 Å². The van der Waals surface area contributed by atoms with Crippen LogP contribution < -0.4 is 9.47 Å². The summed E-state index contributed by atoms with van der Waals surface area (Å²) in [5.41, 5.74) is 2.17. The van der Waals surface area contributed by atoms with Gasteiger partial charge in [0.25, 0.3) is 0 Å². The van der Waals surface area contributed by atoms with Gasteiger partial charge in [0.1, 0.15) is 5.75 Å². The predicted octanol–water partition coefficient (Wildman–Crippen LogP) is 5.01. The van der Waals surface area contributed by atoms with Gasteiger partial charge in [-0.15, -0.1) is 0 Å². The van der Waals surface area contributed by atoms with Gasteiger partial charge in [0, 0.05) is 16.8 Å². The van der Waals surface area contributed by atoms with Gasteiger partial charge in [-0.2, -0.15) is 0 Å². The Hall–Kier alpha value is -2.68. The molecule has 0 aromatic heterocycles. The molecule has 0 unspecified atom stereocenters. The molecule has 0 aliphatic heterocycles. The van der Waals surface area contributed by atoms with Gasteiger partial charge in [-0.3, -0.25) is 0 Å². The number of fused-ring (bicyclic) bond motifs is 1. The normalized spacial score (nSPS) is 10.7. The molecule has 0 aliphatic rings. The summed E-state index contributed by atoms with van der Waals surface area (Å²) in [5, 5.41) is 12.0. The molecule has 3 aromatic rings. The van der Waals surface area contributed by atoms with Crippen molar-refractivity contribution in [2.24, 2.45) is 0 Å². The fourth-order valence-corrected chi connectivity index (χ4v) is 2.72. The highest BCUT2D eigenvalue weighted by molar-refractivity contribution is 5.98. The van der Waals surface area contributed by atoms with Crippen LogP contribution in [0.5, 0.6) is 17.2 Å². The lowest BCUT2D eigenvalue weighted by Crippen LogP contribution is -1.99. The van der Waals surface area contributed by atoms with Gasteiger partial charge in [0.15, 0.2) is 11.5 Å². The van der Waals surface area contributed by atoms with E-state index in [1.807, 2.05) is 50.2 Å². The van der Waals surface area contributed by atoms with Crippen LogP contribution >= 0.6 is 0 Å². The Bertz CT molecular complexity index is 810. The number of aromatic hydroxyl groups is 1. The Kier molecular flexibility index (Phi) is 4.38. The molecule has 0 radical (unpaired) electrons. The highest BCUT2D eigenvalue weighted by atomic mass is 16.5. The maximum atomic E-state index is 10.4. The molecule has 3 aromatic carbocycles. The van der Waals surface area contributed by atoms with E-state index in [0.717, 1.165) is 21.9 Å². The Balaban J connectivity index is 2.20. The number of benzene rings is 3. The zero-order chi connectivity index (χ0) is 16.2. The number of phenolic OH excluding ortho intramolecular Hbond substituents is 1. The molecule has 0 spiro atoms. The van der Waals surface area contributed by atoms with Crippen LogP contribution in [-0.2, 0) is 0 Å². The highest BCUT2D eigenvalue weighted by Crippen LogP contribution is 2.42. The third-order valence-corrected chi connectivity index (χ3v) is 3.73. The van der Waals surface area contributed by atoms with Crippen molar-refractivity contribution in [2.75, 3.05) is 13.2 Å². The number of phenols is 1. The summed E-state index contributed by atoms with van der Waals surface area (Å²) in [6.07, 6.45) is 0. The monoisotopic (exact) mass is 308 g/mol. The summed E-state index contributed by atoms with van der Waals surface area (Å²) in [6, 6.07) is 17.7.